The first kappa shape index (κ1) is 30.1. The maximum Gasteiger partial charge on any atom is 0.305 e. The lowest BCUT2D eigenvalue weighted by atomic mass is 9.60. The van der Waals surface area contributed by atoms with Crippen LogP contribution in [0.5, 0.6) is 11.5 Å². The number of rotatable bonds is 9. The highest BCUT2D eigenvalue weighted by molar-refractivity contribution is 5.91. The van der Waals surface area contributed by atoms with E-state index in [1.165, 1.54) is 18.2 Å². The van der Waals surface area contributed by atoms with Gasteiger partial charge in [0.2, 0.25) is 0 Å². The molecule has 2 atom stereocenters. The Hall–Kier alpha value is -5.23. The standard InChI is InChI=1S/C42H38N2O4/c1-5-19-41(32-23-28(46-2)14-16-30(32)39-34(41)21-26-10-6-8-12-36(26)43-39)25-42(20-18-38(45)48-4)33-24-29(47-3)15-17-31(33)40-35(42)22-27-11-7-9-13-37(27)44-40/h6-17,21-24H,5,18-20,25H2,1-4H3. The summed E-state index contributed by atoms with van der Waals surface area (Å²) in [6.07, 6.45) is 3.34. The molecule has 0 saturated heterocycles. The minimum absolute atomic E-state index is 0.230. The van der Waals surface area contributed by atoms with Crippen LogP contribution in [0.3, 0.4) is 0 Å². The van der Waals surface area contributed by atoms with Crippen LogP contribution < -0.4 is 9.47 Å². The van der Waals surface area contributed by atoms with E-state index >= 15 is 0 Å². The first-order chi connectivity index (χ1) is 23.4. The molecule has 0 saturated carbocycles. The molecule has 6 nitrogen and oxygen atoms in total. The van der Waals surface area contributed by atoms with E-state index in [2.05, 4.69) is 79.7 Å². The molecule has 48 heavy (non-hydrogen) atoms. The van der Waals surface area contributed by atoms with Crippen LogP contribution in [-0.2, 0) is 20.4 Å². The van der Waals surface area contributed by atoms with Gasteiger partial charge in [0.05, 0.1) is 43.8 Å². The van der Waals surface area contributed by atoms with E-state index in [0.717, 1.165) is 79.8 Å². The van der Waals surface area contributed by atoms with Gasteiger partial charge in [0.1, 0.15) is 11.5 Å². The zero-order valence-corrected chi connectivity index (χ0v) is 27.8. The zero-order chi connectivity index (χ0) is 33.0. The van der Waals surface area contributed by atoms with Crippen LogP contribution in [0.15, 0.2) is 97.1 Å². The third-order valence-corrected chi connectivity index (χ3v) is 10.7. The Balaban J connectivity index is 1.47. The third-order valence-electron chi connectivity index (χ3n) is 10.7. The van der Waals surface area contributed by atoms with Crippen molar-refractivity contribution in [2.75, 3.05) is 21.3 Å². The molecule has 2 aliphatic carbocycles. The molecular formula is C42H38N2O4. The molecule has 0 aliphatic heterocycles. The monoisotopic (exact) mass is 634 g/mol. The van der Waals surface area contributed by atoms with E-state index in [9.17, 15) is 4.79 Å². The van der Waals surface area contributed by atoms with Gasteiger partial charge in [-0.25, -0.2) is 9.97 Å². The number of carbonyl (C=O) groups is 1. The number of ether oxygens (including phenoxy) is 3. The summed E-state index contributed by atoms with van der Waals surface area (Å²) in [6, 6.07) is 34.0. The molecule has 0 bridgehead atoms. The molecule has 0 fully saturated rings. The summed E-state index contributed by atoms with van der Waals surface area (Å²) in [5.41, 5.74) is 9.75. The van der Waals surface area contributed by atoms with Crippen molar-refractivity contribution in [1.82, 2.24) is 9.97 Å². The lowest BCUT2D eigenvalue weighted by Gasteiger charge is -2.42. The number of esters is 1. The number of pyridine rings is 2. The lowest BCUT2D eigenvalue weighted by Crippen LogP contribution is -2.38. The van der Waals surface area contributed by atoms with Gasteiger partial charge < -0.3 is 14.2 Å². The van der Waals surface area contributed by atoms with E-state index in [4.69, 9.17) is 24.2 Å². The fourth-order valence-corrected chi connectivity index (χ4v) is 8.62. The van der Waals surface area contributed by atoms with Crippen molar-refractivity contribution in [2.45, 2.75) is 49.9 Å². The Kier molecular flexibility index (Phi) is 7.20. The average Bonchev–Trinajstić information content (AvgIpc) is 3.53. The topological polar surface area (TPSA) is 70.5 Å². The SMILES string of the molecule is CCCC1(CC2(CCC(=O)OC)c3cc(OC)ccc3-c3nc4ccccc4cc32)c2cc(OC)ccc2-c2nc3ccccc3cc21. The minimum atomic E-state index is -0.604. The fourth-order valence-electron chi connectivity index (χ4n) is 8.62. The number of aromatic nitrogens is 2. The molecule has 2 aromatic heterocycles. The van der Waals surface area contributed by atoms with Crippen LogP contribution in [0.4, 0.5) is 0 Å². The maximum absolute atomic E-state index is 13.1. The number of benzene rings is 4. The van der Waals surface area contributed by atoms with E-state index in [-0.39, 0.29) is 12.4 Å². The highest BCUT2D eigenvalue weighted by Crippen LogP contribution is 2.63. The maximum atomic E-state index is 13.1. The number of hydrogen-bond acceptors (Lipinski definition) is 6. The predicted molar refractivity (Wildman–Crippen MR) is 190 cm³/mol. The third kappa shape index (κ3) is 4.42. The van der Waals surface area contributed by atoms with Crippen molar-refractivity contribution < 1.29 is 19.0 Å². The van der Waals surface area contributed by atoms with Crippen molar-refractivity contribution in [1.29, 1.82) is 0 Å². The number of carbonyl (C=O) groups excluding carboxylic acids is 1. The van der Waals surface area contributed by atoms with Gasteiger partial charge in [0.15, 0.2) is 0 Å². The number of hydrogen-bond donors (Lipinski definition) is 0. The van der Waals surface area contributed by atoms with Gasteiger partial charge in [-0.1, -0.05) is 49.7 Å². The lowest BCUT2D eigenvalue weighted by molar-refractivity contribution is -0.141. The highest BCUT2D eigenvalue weighted by Gasteiger charge is 2.54. The molecule has 8 rings (SSSR count). The molecule has 6 aromatic rings. The Morgan fingerprint density at radius 3 is 1.60 bits per heavy atom. The smallest absolute Gasteiger partial charge is 0.305 e. The highest BCUT2D eigenvalue weighted by atomic mass is 16.5. The van der Waals surface area contributed by atoms with E-state index in [1.807, 2.05) is 24.3 Å². The molecule has 4 aromatic carbocycles. The average molecular weight is 635 g/mol. The summed E-state index contributed by atoms with van der Waals surface area (Å²) < 4.78 is 17.0. The fraction of sp³-hybridized carbons (Fsp3) is 0.262. The molecule has 2 unspecified atom stereocenters. The van der Waals surface area contributed by atoms with Crippen LogP contribution in [0.25, 0.3) is 44.3 Å². The van der Waals surface area contributed by atoms with Crippen LogP contribution >= 0.6 is 0 Å². The second kappa shape index (κ2) is 11.5. The van der Waals surface area contributed by atoms with E-state index in [1.54, 1.807) is 14.2 Å². The van der Waals surface area contributed by atoms with Crippen molar-refractivity contribution in [3.63, 3.8) is 0 Å². The van der Waals surface area contributed by atoms with Crippen LogP contribution in [-0.4, -0.2) is 37.3 Å². The van der Waals surface area contributed by atoms with Crippen molar-refractivity contribution >= 4 is 27.8 Å². The largest absolute Gasteiger partial charge is 0.497 e. The van der Waals surface area contributed by atoms with Crippen molar-refractivity contribution in [2.24, 2.45) is 0 Å². The van der Waals surface area contributed by atoms with E-state index in [0.29, 0.717) is 12.8 Å². The summed E-state index contributed by atoms with van der Waals surface area (Å²) in [6.45, 7) is 2.25. The summed E-state index contributed by atoms with van der Waals surface area (Å²) >= 11 is 0. The number of para-hydroxylation sites is 2. The Labute approximate surface area is 280 Å². The van der Waals surface area contributed by atoms with Crippen LogP contribution in [0, 0.1) is 0 Å². The molecule has 6 heteroatoms. The molecule has 240 valence electrons. The summed E-state index contributed by atoms with van der Waals surface area (Å²) in [7, 11) is 4.90. The van der Waals surface area contributed by atoms with Gasteiger partial charge in [-0.15, -0.1) is 0 Å². The molecule has 2 heterocycles. The van der Waals surface area contributed by atoms with Crippen LogP contribution in [0.2, 0.25) is 0 Å². The first-order valence-electron chi connectivity index (χ1n) is 16.7. The van der Waals surface area contributed by atoms with Gasteiger partial charge in [-0.3, -0.25) is 4.79 Å². The van der Waals surface area contributed by atoms with E-state index < -0.39 is 10.8 Å². The van der Waals surface area contributed by atoms with Gasteiger partial charge in [0, 0.05) is 39.2 Å². The molecule has 2 aliphatic rings. The Bertz CT molecular complexity index is 2240. The predicted octanol–water partition coefficient (Wildman–Crippen LogP) is 9.18. The van der Waals surface area contributed by atoms with Crippen molar-refractivity contribution in [3.05, 3.63) is 119 Å². The number of nitrogens with zero attached hydrogens (tertiary/aromatic N) is 2. The summed E-state index contributed by atoms with van der Waals surface area (Å²) in [4.78, 5) is 23.7. The second-order valence-corrected chi connectivity index (χ2v) is 13.1. The first-order valence-corrected chi connectivity index (χ1v) is 16.7. The summed E-state index contributed by atoms with van der Waals surface area (Å²) in [5.74, 6) is 1.36. The molecule has 0 amide bonds. The summed E-state index contributed by atoms with van der Waals surface area (Å²) in [5, 5.41) is 2.19. The van der Waals surface area contributed by atoms with Gasteiger partial charge >= 0.3 is 5.97 Å². The molecular weight excluding hydrogens is 596 g/mol. The number of methoxy groups -OCH3 is 3. The Morgan fingerprint density at radius 2 is 1.12 bits per heavy atom. The zero-order valence-electron chi connectivity index (χ0n) is 27.8. The molecule has 0 radical (unpaired) electrons. The second-order valence-electron chi connectivity index (χ2n) is 13.1. The normalized spacial score (nSPS) is 18.7. The van der Waals surface area contributed by atoms with Crippen LogP contribution in [0.1, 0.15) is 61.3 Å². The molecule has 0 spiro atoms. The van der Waals surface area contributed by atoms with Crippen molar-refractivity contribution in [3.8, 4) is 34.0 Å². The quantitative estimate of drug-likeness (QED) is 0.148. The minimum Gasteiger partial charge on any atom is -0.497 e. The van der Waals surface area contributed by atoms with Gasteiger partial charge in [-0.2, -0.15) is 0 Å². The Morgan fingerprint density at radius 1 is 0.625 bits per heavy atom. The molecule has 0 N–H and O–H groups in total. The van der Waals surface area contributed by atoms with Gasteiger partial charge in [-0.05, 0) is 102 Å². The van der Waals surface area contributed by atoms with Gasteiger partial charge in [0.25, 0.3) is 0 Å². The number of fused-ring (bicyclic) bond motifs is 8.